The van der Waals surface area contributed by atoms with E-state index in [9.17, 15) is 9.59 Å². The van der Waals surface area contributed by atoms with Gasteiger partial charge in [-0.15, -0.1) is 0 Å². The van der Waals surface area contributed by atoms with Crippen molar-refractivity contribution in [1.82, 2.24) is 9.80 Å². The first-order chi connectivity index (χ1) is 7.61. The number of aliphatic carboxylic acids is 1. The van der Waals surface area contributed by atoms with E-state index in [0.29, 0.717) is 19.5 Å². The van der Waals surface area contributed by atoms with Crippen molar-refractivity contribution in [1.29, 1.82) is 0 Å². The fourth-order valence-corrected chi connectivity index (χ4v) is 1.94. The molecule has 0 aliphatic carbocycles. The van der Waals surface area contributed by atoms with Crippen LogP contribution in [0.15, 0.2) is 0 Å². The number of nitrogens with zero attached hydrogens (tertiary/aromatic N) is 2. The smallest absolute Gasteiger partial charge is 0.326 e. The summed E-state index contributed by atoms with van der Waals surface area (Å²) >= 11 is 0. The second-order valence-corrected chi connectivity index (χ2v) is 3.78. The summed E-state index contributed by atoms with van der Waals surface area (Å²) in [5.74, 6) is -0.953. The number of carboxylic acids is 1. The second-order valence-electron chi connectivity index (χ2n) is 3.78. The summed E-state index contributed by atoms with van der Waals surface area (Å²) in [4.78, 5) is 25.7. The minimum atomic E-state index is -0.953. The van der Waals surface area contributed by atoms with Gasteiger partial charge in [-0.1, -0.05) is 0 Å². The Kier molecular flexibility index (Phi) is 4.54. The SMILES string of the molecule is CCN(CCO)C(=O)N1CCCC1C(=O)O. The minimum Gasteiger partial charge on any atom is -0.480 e. The zero-order chi connectivity index (χ0) is 12.1. The number of hydrogen-bond donors (Lipinski definition) is 2. The highest BCUT2D eigenvalue weighted by Crippen LogP contribution is 2.19. The summed E-state index contributed by atoms with van der Waals surface area (Å²) in [6.07, 6.45) is 1.23. The van der Waals surface area contributed by atoms with Crippen molar-refractivity contribution >= 4 is 12.0 Å². The van der Waals surface area contributed by atoms with Crippen molar-refractivity contribution in [2.24, 2.45) is 0 Å². The van der Waals surface area contributed by atoms with E-state index in [-0.39, 0.29) is 19.2 Å². The Balaban J connectivity index is 2.67. The fourth-order valence-electron chi connectivity index (χ4n) is 1.94. The number of carbonyl (C=O) groups excluding carboxylic acids is 1. The van der Waals surface area contributed by atoms with Crippen LogP contribution in [0.3, 0.4) is 0 Å². The molecule has 16 heavy (non-hydrogen) atoms. The first-order valence-electron chi connectivity index (χ1n) is 5.51. The van der Waals surface area contributed by atoms with Gasteiger partial charge in [0.25, 0.3) is 0 Å². The van der Waals surface area contributed by atoms with Crippen molar-refractivity contribution in [3.8, 4) is 0 Å². The highest BCUT2D eigenvalue weighted by atomic mass is 16.4. The number of carboxylic acid groups (broad SMARTS) is 1. The number of amides is 2. The summed E-state index contributed by atoms with van der Waals surface area (Å²) in [6, 6.07) is -0.998. The average Bonchev–Trinajstić information content (AvgIpc) is 2.73. The first kappa shape index (κ1) is 12.8. The van der Waals surface area contributed by atoms with Crippen LogP contribution in [-0.2, 0) is 4.79 Å². The van der Waals surface area contributed by atoms with Crippen LogP contribution < -0.4 is 0 Å². The van der Waals surface area contributed by atoms with Crippen molar-refractivity contribution in [2.75, 3.05) is 26.2 Å². The van der Waals surface area contributed by atoms with Gasteiger partial charge < -0.3 is 20.0 Å². The van der Waals surface area contributed by atoms with Gasteiger partial charge in [0.15, 0.2) is 0 Å². The van der Waals surface area contributed by atoms with Crippen molar-refractivity contribution in [3.05, 3.63) is 0 Å². The van der Waals surface area contributed by atoms with Crippen LogP contribution in [0.4, 0.5) is 4.79 Å². The van der Waals surface area contributed by atoms with Crippen molar-refractivity contribution in [2.45, 2.75) is 25.8 Å². The molecule has 92 valence electrons. The van der Waals surface area contributed by atoms with Gasteiger partial charge in [0.2, 0.25) is 0 Å². The topological polar surface area (TPSA) is 81.1 Å². The van der Waals surface area contributed by atoms with Gasteiger partial charge in [-0.2, -0.15) is 0 Å². The standard InChI is InChI=1S/C10H18N2O4/c1-2-11(6-7-13)10(16)12-5-3-4-8(12)9(14)15/h8,13H,2-7H2,1H3,(H,14,15). The van der Waals surface area contributed by atoms with Gasteiger partial charge in [-0.3, -0.25) is 0 Å². The maximum Gasteiger partial charge on any atom is 0.326 e. The first-order valence-corrected chi connectivity index (χ1v) is 5.51. The van der Waals surface area contributed by atoms with E-state index in [1.807, 2.05) is 0 Å². The van der Waals surface area contributed by atoms with E-state index in [4.69, 9.17) is 10.2 Å². The third-order valence-electron chi connectivity index (χ3n) is 2.81. The monoisotopic (exact) mass is 230 g/mol. The van der Waals surface area contributed by atoms with Crippen LogP contribution in [0, 0.1) is 0 Å². The summed E-state index contributed by atoms with van der Waals surface area (Å²) in [5, 5.41) is 17.8. The van der Waals surface area contributed by atoms with E-state index in [2.05, 4.69) is 0 Å². The second kappa shape index (κ2) is 5.69. The maximum absolute atomic E-state index is 12.0. The Morgan fingerprint density at radius 2 is 2.19 bits per heavy atom. The molecule has 0 radical (unpaired) electrons. The maximum atomic E-state index is 12.0. The normalized spacial score (nSPS) is 19.9. The molecule has 0 bridgehead atoms. The van der Waals surface area contributed by atoms with E-state index in [1.165, 1.54) is 9.80 Å². The van der Waals surface area contributed by atoms with Crippen LogP contribution in [0.5, 0.6) is 0 Å². The molecule has 2 N–H and O–H groups in total. The summed E-state index contributed by atoms with van der Waals surface area (Å²) in [6.45, 7) is 2.91. The lowest BCUT2D eigenvalue weighted by Gasteiger charge is -2.29. The Morgan fingerprint density at radius 3 is 2.69 bits per heavy atom. The van der Waals surface area contributed by atoms with E-state index in [1.54, 1.807) is 6.92 Å². The molecular formula is C10H18N2O4. The fraction of sp³-hybridized carbons (Fsp3) is 0.800. The van der Waals surface area contributed by atoms with Crippen molar-refractivity contribution in [3.63, 3.8) is 0 Å². The summed E-state index contributed by atoms with van der Waals surface area (Å²) in [7, 11) is 0. The van der Waals surface area contributed by atoms with Gasteiger partial charge in [-0.05, 0) is 19.8 Å². The third-order valence-corrected chi connectivity index (χ3v) is 2.81. The van der Waals surface area contributed by atoms with Gasteiger partial charge in [0.1, 0.15) is 6.04 Å². The van der Waals surface area contributed by atoms with Gasteiger partial charge >= 0.3 is 12.0 Å². The van der Waals surface area contributed by atoms with Crippen LogP contribution in [0.2, 0.25) is 0 Å². The van der Waals surface area contributed by atoms with E-state index < -0.39 is 12.0 Å². The zero-order valence-electron chi connectivity index (χ0n) is 9.43. The number of likely N-dealkylation sites (tertiary alicyclic amines) is 1. The minimum absolute atomic E-state index is 0.106. The van der Waals surface area contributed by atoms with Crippen LogP contribution in [0.25, 0.3) is 0 Å². The molecule has 1 rings (SSSR count). The molecule has 0 saturated carbocycles. The van der Waals surface area contributed by atoms with Gasteiger partial charge in [0, 0.05) is 19.6 Å². The Labute approximate surface area is 94.4 Å². The number of likely N-dealkylation sites (N-methyl/N-ethyl adjacent to an activating group) is 1. The highest BCUT2D eigenvalue weighted by Gasteiger charge is 2.35. The van der Waals surface area contributed by atoms with E-state index in [0.717, 1.165) is 6.42 Å². The summed E-state index contributed by atoms with van der Waals surface area (Å²) in [5.41, 5.74) is 0. The number of carbonyl (C=O) groups is 2. The molecule has 6 heteroatoms. The van der Waals surface area contributed by atoms with Gasteiger partial charge in [0.05, 0.1) is 6.61 Å². The van der Waals surface area contributed by atoms with Crippen molar-refractivity contribution < 1.29 is 19.8 Å². The lowest BCUT2D eigenvalue weighted by molar-refractivity contribution is -0.141. The molecule has 1 aliphatic rings. The number of hydrogen-bond acceptors (Lipinski definition) is 3. The molecule has 1 atom stereocenters. The lowest BCUT2D eigenvalue weighted by Crippen LogP contribution is -2.48. The Hall–Kier alpha value is -1.30. The van der Waals surface area contributed by atoms with Crippen LogP contribution in [-0.4, -0.2) is 64.3 Å². The molecule has 1 aliphatic heterocycles. The molecule has 0 spiro atoms. The lowest BCUT2D eigenvalue weighted by atomic mass is 10.2. The predicted molar refractivity (Wildman–Crippen MR) is 57.1 cm³/mol. The van der Waals surface area contributed by atoms with Gasteiger partial charge in [-0.25, -0.2) is 9.59 Å². The number of aliphatic hydroxyl groups excluding tert-OH is 1. The Bertz CT molecular complexity index is 270. The number of rotatable bonds is 4. The number of urea groups is 1. The molecule has 1 heterocycles. The van der Waals surface area contributed by atoms with Crippen LogP contribution in [0.1, 0.15) is 19.8 Å². The molecular weight excluding hydrogens is 212 g/mol. The van der Waals surface area contributed by atoms with E-state index >= 15 is 0 Å². The third kappa shape index (κ3) is 2.63. The Morgan fingerprint density at radius 1 is 1.50 bits per heavy atom. The highest BCUT2D eigenvalue weighted by molar-refractivity contribution is 5.83. The molecule has 1 saturated heterocycles. The largest absolute Gasteiger partial charge is 0.480 e. The quantitative estimate of drug-likeness (QED) is 0.710. The number of aliphatic hydroxyl groups is 1. The molecule has 0 aromatic heterocycles. The molecule has 0 aromatic rings. The zero-order valence-corrected chi connectivity index (χ0v) is 9.43. The van der Waals surface area contributed by atoms with Crippen LogP contribution >= 0.6 is 0 Å². The summed E-state index contributed by atoms with van der Waals surface area (Å²) < 4.78 is 0. The molecule has 0 aromatic carbocycles. The molecule has 2 amide bonds. The molecule has 1 unspecified atom stereocenters. The average molecular weight is 230 g/mol. The molecule has 6 nitrogen and oxygen atoms in total. The predicted octanol–water partition coefficient (Wildman–Crippen LogP) is -0.0304. The molecule has 1 fully saturated rings.